The van der Waals surface area contributed by atoms with Crippen LogP contribution in [-0.4, -0.2) is 18.2 Å². The number of hydrogen-bond acceptors (Lipinski definition) is 4. The number of methoxy groups -OCH3 is 1. The highest BCUT2D eigenvalue weighted by molar-refractivity contribution is 5.86. The van der Waals surface area contributed by atoms with Crippen LogP contribution in [0.4, 0.5) is 0 Å². The zero-order chi connectivity index (χ0) is 11.6. The van der Waals surface area contributed by atoms with Crippen LogP contribution >= 0.6 is 0 Å². The van der Waals surface area contributed by atoms with Crippen LogP contribution in [0.3, 0.4) is 0 Å². The summed E-state index contributed by atoms with van der Waals surface area (Å²) < 4.78 is 9.91. The molecule has 1 N–H and O–H groups in total. The van der Waals surface area contributed by atoms with E-state index in [1.807, 2.05) is 0 Å². The number of carbonyl (C=O) groups excluding carboxylic acids is 1. The van der Waals surface area contributed by atoms with Crippen molar-refractivity contribution in [2.45, 2.75) is 37.7 Å². The van der Waals surface area contributed by atoms with Crippen molar-refractivity contribution < 1.29 is 19.1 Å². The van der Waals surface area contributed by atoms with Gasteiger partial charge in [0.15, 0.2) is 0 Å². The van der Waals surface area contributed by atoms with E-state index in [9.17, 15) is 9.90 Å². The Morgan fingerprint density at radius 3 is 2.69 bits per heavy atom. The van der Waals surface area contributed by atoms with Crippen molar-refractivity contribution in [1.82, 2.24) is 0 Å². The fraction of sp³-hybridized carbons (Fsp3) is 0.583. The number of hydrogen-bond donors (Lipinski definition) is 1. The second-order valence-electron chi connectivity index (χ2n) is 4.25. The van der Waals surface area contributed by atoms with Gasteiger partial charge < -0.3 is 14.3 Å². The van der Waals surface area contributed by atoms with Gasteiger partial charge in [-0.3, -0.25) is 0 Å². The molecule has 4 nitrogen and oxygen atoms in total. The summed E-state index contributed by atoms with van der Waals surface area (Å²) in [7, 11) is 1.31. The van der Waals surface area contributed by atoms with Crippen LogP contribution in [0.5, 0.6) is 0 Å². The molecular formula is C12H16O4. The largest absolute Gasteiger partial charge is 0.463 e. The van der Waals surface area contributed by atoms with Crippen molar-refractivity contribution in [3.8, 4) is 0 Å². The first kappa shape index (κ1) is 11.2. The van der Waals surface area contributed by atoms with E-state index in [1.54, 1.807) is 12.1 Å². The van der Waals surface area contributed by atoms with Gasteiger partial charge in [-0.15, -0.1) is 0 Å². The van der Waals surface area contributed by atoms with Crippen LogP contribution in [0.1, 0.15) is 48.4 Å². The van der Waals surface area contributed by atoms with Crippen LogP contribution in [0.2, 0.25) is 0 Å². The molecule has 0 amide bonds. The van der Waals surface area contributed by atoms with E-state index in [-0.39, 0.29) is 5.76 Å². The number of esters is 1. The average Bonchev–Trinajstić information content (AvgIpc) is 2.79. The van der Waals surface area contributed by atoms with Crippen LogP contribution in [0, 0.1) is 0 Å². The normalized spacial score (nSPS) is 19.4. The molecule has 0 radical (unpaired) electrons. The summed E-state index contributed by atoms with van der Waals surface area (Å²) >= 11 is 0. The maximum absolute atomic E-state index is 11.2. The summed E-state index contributed by atoms with van der Waals surface area (Å²) in [5, 5.41) is 10.4. The molecule has 4 heteroatoms. The van der Waals surface area contributed by atoms with Crippen molar-refractivity contribution in [2.75, 3.05) is 7.11 Å². The Morgan fingerprint density at radius 1 is 1.38 bits per heavy atom. The SMILES string of the molecule is COC(=O)c1ccc(C2(O)CCCCC2)o1. The van der Waals surface area contributed by atoms with E-state index in [0.29, 0.717) is 18.6 Å². The van der Waals surface area contributed by atoms with Crippen molar-refractivity contribution in [3.05, 3.63) is 23.7 Å². The molecule has 1 saturated carbocycles. The van der Waals surface area contributed by atoms with E-state index in [0.717, 1.165) is 19.3 Å². The highest BCUT2D eigenvalue weighted by Gasteiger charge is 2.34. The molecule has 0 saturated heterocycles. The first-order valence-electron chi connectivity index (χ1n) is 5.57. The van der Waals surface area contributed by atoms with Gasteiger partial charge in [-0.05, 0) is 25.0 Å². The van der Waals surface area contributed by atoms with Gasteiger partial charge in [0.25, 0.3) is 0 Å². The maximum Gasteiger partial charge on any atom is 0.373 e. The molecule has 0 spiro atoms. The zero-order valence-corrected chi connectivity index (χ0v) is 9.36. The van der Waals surface area contributed by atoms with Gasteiger partial charge in [-0.25, -0.2) is 4.79 Å². The van der Waals surface area contributed by atoms with Crippen molar-refractivity contribution >= 4 is 5.97 Å². The summed E-state index contributed by atoms with van der Waals surface area (Å²) in [6.07, 6.45) is 4.52. The summed E-state index contributed by atoms with van der Waals surface area (Å²) in [4.78, 5) is 11.2. The van der Waals surface area contributed by atoms with E-state index in [1.165, 1.54) is 7.11 Å². The topological polar surface area (TPSA) is 59.7 Å². The lowest BCUT2D eigenvalue weighted by Gasteiger charge is -2.29. The lowest BCUT2D eigenvalue weighted by Crippen LogP contribution is -2.27. The molecular weight excluding hydrogens is 208 g/mol. The summed E-state index contributed by atoms with van der Waals surface area (Å²) in [6.45, 7) is 0. The zero-order valence-electron chi connectivity index (χ0n) is 9.36. The highest BCUT2D eigenvalue weighted by atomic mass is 16.5. The molecule has 1 fully saturated rings. The Labute approximate surface area is 94.2 Å². The number of ether oxygens (including phenoxy) is 1. The minimum absolute atomic E-state index is 0.150. The third kappa shape index (κ3) is 1.97. The van der Waals surface area contributed by atoms with Gasteiger partial charge in [-0.1, -0.05) is 19.3 Å². The summed E-state index contributed by atoms with van der Waals surface area (Å²) in [6, 6.07) is 3.21. The predicted molar refractivity (Wildman–Crippen MR) is 57.0 cm³/mol. The van der Waals surface area contributed by atoms with Crippen molar-refractivity contribution in [3.63, 3.8) is 0 Å². The molecule has 1 heterocycles. The third-order valence-electron chi connectivity index (χ3n) is 3.13. The lowest BCUT2D eigenvalue weighted by molar-refractivity contribution is -0.0208. The molecule has 0 bridgehead atoms. The second kappa shape index (κ2) is 4.29. The average molecular weight is 224 g/mol. The fourth-order valence-electron chi connectivity index (χ4n) is 2.18. The Morgan fingerprint density at radius 2 is 2.06 bits per heavy atom. The van der Waals surface area contributed by atoms with Gasteiger partial charge in [-0.2, -0.15) is 0 Å². The molecule has 1 aliphatic carbocycles. The van der Waals surface area contributed by atoms with Crippen molar-refractivity contribution in [2.24, 2.45) is 0 Å². The summed E-state index contributed by atoms with van der Waals surface area (Å²) in [5.74, 6) is 0.120. The fourth-order valence-corrected chi connectivity index (χ4v) is 2.18. The molecule has 1 aromatic heterocycles. The molecule has 0 aliphatic heterocycles. The molecule has 1 aromatic rings. The monoisotopic (exact) mass is 224 g/mol. The molecule has 0 unspecified atom stereocenters. The van der Waals surface area contributed by atoms with Gasteiger partial charge in [0.2, 0.25) is 5.76 Å². The second-order valence-corrected chi connectivity index (χ2v) is 4.25. The highest BCUT2D eigenvalue weighted by Crippen LogP contribution is 2.37. The molecule has 16 heavy (non-hydrogen) atoms. The Balaban J connectivity index is 2.20. The lowest BCUT2D eigenvalue weighted by atomic mass is 9.83. The van der Waals surface area contributed by atoms with Crippen molar-refractivity contribution in [1.29, 1.82) is 0 Å². The molecule has 0 aromatic carbocycles. The van der Waals surface area contributed by atoms with E-state index < -0.39 is 11.6 Å². The standard InChI is InChI=1S/C12H16O4/c1-15-11(13)9-5-6-10(16-9)12(14)7-3-2-4-8-12/h5-6,14H,2-4,7-8H2,1H3. The van der Waals surface area contributed by atoms with Crippen LogP contribution in [-0.2, 0) is 10.3 Å². The Hall–Kier alpha value is -1.29. The molecule has 2 rings (SSSR count). The van der Waals surface area contributed by atoms with E-state index in [2.05, 4.69) is 4.74 Å². The van der Waals surface area contributed by atoms with Gasteiger partial charge in [0.1, 0.15) is 11.4 Å². The first-order chi connectivity index (χ1) is 7.65. The number of rotatable bonds is 2. The van der Waals surface area contributed by atoms with E-state index >= 15 is 0 Å². The Kier molecular flexibility index (Phi) is 3.01. The van der Waals surface area contributed by atoms with E-state index in [4.69, 9.17) is 4.42 Å². The van der Waals surface area contributed by atoms with Gasteiger partial charge in [0.05, 0.1) is 7.11 Å². The Bertz CT molecular complexity index is 374. The molecule has 0 atom stereocenters. The third-order valence-corrected chi connectivity index (χ3v) is 3.13. The number of furan rings is 1. The summed E-state index contributed by atoms with van der Waals surface area (Å²) in [5.41, 5.74) is -0.898. The molecule has 88 valence electrons. The number of aliphatic hydroxyl groups is 1. The molecule has 1 aliphatic rings. The minimum Gasteiger partial charge on any atom is -0.463 e. The van der Waals surface area contributed by atoms with Crippen LogP contribution < -0.4 is 0 Å². The van der Waals surface area contributed by atoms with Gasteiger partial charge >= 0.3 is 5.97 Å². The van der Waals surface area contributed by atoms with Crippen LogP contribution in [0.25, 0.3) is 0 Å². The first-order valence-corrected chi connectivity index (χ1v) is 5.57. The smallest absolute Gasteiger partial charge is 0.373 e. The maximum atomic E-state index is 11.2. The minimum atomic E-state index is -0.898. The quantitative estimate of drug-likeness (QED) is 0.782. The predicted octanol–water partition coefficient (Wildman–Crippen LogP) is 2.22. The number of carbonyl (C=O) groups is 1. The van der Waals surface area contributed by atoms with Gasteiger partial charge in [0, 0.05) is 0 Å². The van der Waals surface area contributed by atoms with Crippen LogP contribution in [0.15, 0.2) is 16.5 Å².